The molecule has 3 aromatic rings. The molecule has 3 rings (SSSR count). The molecule has 1 aromatic heterocycles. The van der Waals surface area contributed by atoms with E-state index in [9.17, 15) is 18.0 Å². The van der Waals surface area contributed by atoms with Crippen molar-refractivity contribution < 1.29 is 18.0 Å². The fraction of sp³-hybridized carbons (Fsp3) is 0.143. The van der Waals surface area contributed by atoms with Crippen molar-refractivity contribution in [2.45, 2.75) is 19.5 Å². The van der Waals surface area contributed by atoms with Crippen molar-refractivity contribution in [3.05, 3.63) is 83.7 Å². The minimum absolute atomic E-state index is 0.315. The van der Waals surface area contributed by atoms with Gasteiger partial charge in [0.05, 0.1) is 23.0 Å². The number of halogens is 3. The first-order valence-corrected chi connectivity index (χ1v) is 8.65. The van der Waals surface area contributed by atoms with Crippen molar-refractivity contribution in [2.24, 2.45) is 0 Å². The highest BCUT2D eigenvalue weighted by atomic mass is 19.4. The normalized spacial score (nSPS) is 11.1. The first kappa shape index (κ1) is 19.4. The van der Waals surface area contributed by atoms with E-state index in [1.54, 1.807) is 6.07 Å². The third kappa shape index (κ3) is 4.68. The largest absolute Gasteiger partial charge is 0.416 e. The number of nitrogens with one attached hydrogen (secondary N) is 2. The maximum absolute atomic E-state index is 12.6. The topological polar surface area (TPSA) is 54.0 Å². The number of anilines is 3. The van der Waals surface area contributed by atoms with Crippen LogP contribution in [0.5, 0.6) is 0 Å². The third-order valence-electron chi connectivity index (χ3n) is 4.15. The Labute approximate surface area is 160 Å². The van der Waals surface area contributed by atoms with Gasteiger partial charge in [-0.25, -0.2) is 0 Å². The van der Waals surface area contributed by atoms with E-state index in [-0.39, 0.29) is 5.91 Å². The summed E-state index contributed by atoms with van der Waals surface area (Å²) in [6.07, 6.45) is -0.673. The van der Waals surface area contributed by atoms with Gasteiger partial charge in [-0.05, 0) is 48.4 Å². The number of amides is 1. The average Bonchev–Trinajstić information content (AvgIpc) is 2.68. The van der Waals surface area contributed by atoms with Crippen LogP contribution in [0.1, 0.15) is 28.4 Å². The molecule has 1 amide bonds. The van der Waals surface area contributed by atoms with E-state index in [0.717, 1.165) is 29.8 Å². The molecule has 144 valence electrons. The zero-order valence-corrected chi connectivity index (χ0v) is 15.0. The van der Waals surface area contributed by atoms with Crippen LogP contribution in [-0.4, -0.2) is 10.9 Å². The maximum atomic E-state index is 12.6. The molecular formula is C21H18F3N3O. The van der Waals surface area contributed by atoms with Gasteiger partial charge in [0.1, 0.15) is 0 Å². The number of para-hydroxylation sites is 1. The van der Waals surface area contributed by atoms with Crippen molar-refractivity contribution in [3.8, 4) is 0 Å². The quantitative estimate of drug-likeness (QED) is 0.596. The number of nitrogens with zero attached hydrogens (tertiary/aromatic N) is 1. The molecule has 0 aliphatic heterocycles. The van der Waals surface area contributed by atoms with Crippen LogP contribution >= 0.6 is 0 Å². The van der Waals surface area contributed by atoms with Gasteiger partial charge < -0.3 is 10.6 Å². The molecule has 2 N–H and O–H groups in total. The second-order valence-corrected chi connectivity index (χ2v) is 6.13. The molecule has 0 radical (unpaired) electrons. The van der Waals surface area contributed by atoms with Crippen molar-refractivity contribution in [3.63, 3.8) is 0 Å². The van der Waals surface area contributed by atoms with Crippen LogP contribution in [0, 0.1) is 0 Å². The maximum Gasteiger partial charge on any atom is 0.416 e. The lowest BCUT2D eigenvalue weighted by Crippen LogP contribution is -2.13. The summed E-state index contributed by atoms with van der Waals surface area (Å²) in [6, 6.07) is 13.8. The monoisotopic (exact) mass is 385 g/mol. The van der Waals surface area contributed by atoms with E-state index in [0.29, 0.717) is 16.9 Å². The molecule has 0 unspecified atom stereocenters. The average molecular weight is 385 g/mol. The van der Waals surface area contributed by atoms with Gasteiger partial charge >= 0.3 is 6.18 Å². The number of benzene rings is 2. The van der Waals surface area contributed by atoms with Crippen LogP contribution in [0.4, 0.5) is 30.2 Å². The molecule has 4 nitrogen and oxygen atoms in total. The number of alkyl halides is 3. The van der Waals surface area contributed by atoms with Crippen LogP contribution in [0.2, 0.25) is 0 Å². The predicted octanol–water partition coefficient (Wildman–Crippen LogP) is 5.66. The number of rotatable bonds is 5. The lowest BCUT2D eigenvalue weighted by atomic mass is 10.1. The Morgan fingerprint density at radius 2 is 1.71 bits per heavy atom. The molecule has 0 spiro atoms. The number of aryl methyl sites for hydroxylation is 1. The summed E-state index contributed by atoms with van der Waals surface area (Å²) < 4.78 is 37.9. The van der Waals surface area contributed by atoms with Crippen molar-refractivity contribution in [1.29, 1.82) is 0 Å². The molecule has 0 fully saturated rings. The number of carbonyl (C=O) groups excluding carboxylic acids is 1. The van der Waals surface area contributed by atoms with Crippen LogP contribution in [0.3, 0.4) is 0 Å². The molecule has 1 heterocycles. The van der Waals surface area contributed by atoms with Gasteiger partial charge in [-0.1, -0.05) is 25.1 Å². The Balaban J connectivity index is 1.74. The third-order valence-corrected chi connectivity index (χ3v) is 4.15. The fourth-order valence-corrected chi connectivity index (χ4v) is 2.69. The lowest BCUT2D eigenvalue weighted by molar-refractivity contribution is -0.137. The van der Waals surface area contributed by atoms with E-state index in [4.69, 9.17) is 0 Å². The van der Waals surface area contributed by atoms with E-state index >= 15 is 0 Å². The van der Waals surface area contributed by atoms with E-state index < -0.39 is 11.7 Å². The summed E-state index contributed by atoms with van der Waals surface area (Å²) in [4.78, 5) is 16.6. The molecule has 0 aliphatic carbocycles. The van der Waals surface area contributed by atoms with Gasteiger partial charge in [0.25, 0.3) is 5.91 Å². The Kier molecular flexibility index (Phi) is 5.63. The zero-order valence-electron chi connectivity index (χ0n) is 15.0. The van der Waals surface area contributed by atoms with Crippen molar-refractivity contribution >= 4 is 23.0 Å². The number of aromatic nitrogens is 1. The highest BCUT2D eigenvalue weighted by molar-refractivity contribution is 6.05. The van der Waals surface area contributed by atoms with Crippen molar-refractivity contribution in [1.82, 2.24) is 4.98 Å². The summed E-state index contributed by atoms with van der Waals surface area (Å²) in [5, 5.41) is 5.82. The standard InChI is InChI=1S/C21H18F3N3O/c1-2-14-5-3-4-6-19(14)27-20(28)15-11-18(13-25-12-15)26-17-9-7-16(8-10-17)21(22,23)24/h3-13,26H,2H2,1H3,(H,27,28). The zero-order chi connectivity index (χ0) is 20.1. The fourth-order valence-electron chi connectivity index (χ4n) is 2.69. The van der Waals surface area contributed by atoms with Gasteiger partial charge in [-0.3, -0.25) is 9.78 Å². The van der Waals surface area contributed by atoms with Gasteiger partial charge in [-0.2, -0.15) is 13.2 Å². The molecular weight excluding hydrogens is 367 g/mol. The predicted molar refractivity (Wildman–Crippen MR) is 103 cm³/mol. The second-order valence-electron chi connectivity index (χ2n) is 6.13. The number of carbonyl (C=O) groups is 1. The van der Waals surface area contributed by atoms with Crippen LogP contribution in [-0.2, 0) is 12.6 Å². The molecule has 2 aromatic carbocycles. The second kappa shape index (κ2) is 8.12. The number of hydrogen-bond acceptors (Lipinski definition) is 3. The van der Waals surface area contributed by atoms with Crippen LogP contribution in [0.25, 0.3) is 0 Å². The molecule has 0 saturated carbocycles. The molecule has 0 bridgehead atoms. The van der Waals surface area contributed by atoms with E-state index in [1.807, 2.05) is 31.2 Å². The number of hydrogen-bond donors (Lipinski definition) is 2. The van der Waals surface area contributed by atoms with Crippen molar-refractivity contribution in [2.75, 3.05) is 10.6 Å². The Bertz CT molecular complexity index is 969. The first-order chi connectivity index (χ1) is 13.4. The smallest absolute Gasteiger partial charge is 0.354 e. The summed E-state index contributed by atoms with van der Waals surface area (Å²) in [5.41, 5.74) is 2.32. The molecule has 7 heteroatoms. The Morgan fingerprint density at radius 3 is 2.39 bits per heavy atom. The van der Waals surface area contributed by atoms with Gasteiger partial charge in [0.2, 0.25) is 0 Å². The molecule has 28 heavy (non-hydrogen) atoms. The summed E-state index contributed by atoms with van der Waals surface area (Å²) >= 11 is 0. The SMILES string of the molecule is CCc1ccccc1NC(=O)c1cncc(Nc2ccc(C(F)(F)F)cc2)c1. The van der Waals surface area contributed by atoms with Gasteiger partial charge in [0, 0.05) is 17.6 Å². The summed E-state index contributed by atoms with van der Waals surface area (Å²) in [6.45, 7) is 2.00. The molecule has 0 aliphatic rings. The van der Waals surface area contributed by atoms with Gasteiger partial charge in [-0.15, -0.1) is 0 Å². The Hall–Kier alpha value is -3.35. The Morgan fingerprint density at radius 1 is 1.00 bits per heavy atom. The van der Waals surface area contributed by atoms with E-state index in [1.165, 1.54) is 24.5 Å². The van der Waals surface area contributed by atoms with Gasteiger partial charge in [0.15, 0.2) is 0 Å². The minimum atomic E-state index is -4.38. The van der Waals surface area contributed by atoms with E-state index in [2.05, 4.69) is 15.6 Å². The highest BCUT2D eigenvalue weighted by Crippen LogP contribution is 2.30. The highest BCUT2D eigenvalue weighted by Gasteiger charge is 2.29. The molecule has 0 saturated heterocycles. The lowest BCUT2D eigenvalue weighted by Gasteiger charge is -2.11. The van der Waals surface area contributed by atoms with Crippen LogP contribution in [0.15, 0.2) is 67.0 Å². The number of pyridine rings is 1. The van der Waals surface area contributed by atoms with Crippen LogP contribution < -0.4 is 10.6 Å². The summed E-state index contributed by atoms with van der Waals surface area (Å²) in [5.74, 6) is -0.315. The molecule has 0 atom stereocenters. The minimum Gasteiger partial charge on any atom is -0.354 e. The first-order valence-electron chi connectivity index (χ1n) is 8.65. The summed E-state index contributed by atoms with van der Waals surface area (Å²) in [7, 11) is 0.